The van der Waals surface area contributed by atoms with Crippen LogP contribution in [0.25, 0.3) is 22.2 Å². The SMILES string of the molecule is O=C(NCCCO)c1cc(-c2ccc(Br)cc2)nc2ccccc12. The number of fused-ring (bicyclic) bond motifs is 1. The van der Waals surface area contributed by atoms with Gasteiger partial charge in [0.05, 0.1) is 16.8 Å². The summed E-state index contributed by atoms with van der Waals surface area (Å²) in [6, 6.07) is 17.3. The molecule has 0 saturated carbocycles. The number of carbonyl (C=O) groups is 1. The lowest BCUT2D eigenvalue weighted by atomic mass is 10.0. The zero-order chi connectivity index (χ0) is 16.9. The number of pyridine rings is 1. The van der Waals surface area contributed by atoms with Crippen LogP contribution < -0.4 is 5.32 Å². The maximum absolute atomic E-state index is 12.5. The monoisotopic (exact) mass is 384 g/mol. The van der Waals surface area contributed by atoms with Crippen LogP contribution in [0.3, 0.4) is 0 Å². The number of hydrogen-bond donors (Lipinski definition) is 2. The Morgan fingerprint density at radius 1 is 1.12 bits per heavy atom. The van der Waals surface area contributed by atoms with Crippen LogP contribution >= 0.6 is 15.9 Å². The fourth-order valence-corrected chi connectivity index (χ4v) is 2.77. The van der Waals surface area contributed by atoms with Gasteiger partial charge in [0.2, 0.25) is 0 Å². The van der Waals surface area contributed by atoms with Gasteiger partial charge in [0.25, 0.3) is 5.91 Å². The van der Waals surface area contributed by atoms with Gasteiger partial charge in [-0.15, -0.1) is 0 Å². The highest BCUT2D eigenvalue weighted by molar-refractivity contribution is 9.10. The molecule has 2 N–H and O–H groups in total. The number of hydrogen-bond acceptors (Lipinski definition) is 3. The Labute approximate surface area is 148 Å². The molecule has 0 aliphatic carbocycles. The van der Waals surface area contributed by atoms with E-state index >= 15 is 0 Å². The van der Waals surface area contributed by atoms with Crippen molar-refractivity contribution in [1.82, 2.24) is 10.3 Å². The molecule has 0 saturated heterocycles. The van der Waals surface area contributed by atoms with Crippen LogP contribution in [0.1, 0.15) is 16.8 Å². The molecular weight excluding hydrogens is 368 g/mol. The van der Waals surface area contributed by atoms with Crippen molar-refractivity contribution in [1.29, 1.82) is 0 Å². The number of aliphatic hydroxyl groups is 1. The number of nitrogens with one attached hydrogen (secondary N) is 1. The van der Waals surface area contributed by atoms with Crippen molar-refractivity contribution < 1.29 is 9.90 Å². The van der Waals surface area contributed by atoms with E-state index in [1.165, 1.54) is 0 Å². The van der Waals surface area contributed by atoms with E-state index in [0.717, 1.165) is 26.6 Å². The summed E-state index contributed by atoms with van der Waals surface area (Å²) < 4.78 is 0.994. The first kappa shape index (κ1) is 16.6. The van der Waals surface area contributed by atoms with Gasteiger partial charge < -0.3 is 10.4 Å². The van der Waals surface area contributed by atoms with Crippen LogP contribution in [-0.2, 0) is 0 Å². The molecule has 1 amide bonds. The maximum Gasteiger partial charge on any atom is 0.252 e. The van der Waals surface area contributed by atoms with E-state index in [0.29, 0.717) is 18.5 Å². The van der Waals surface area contributed by atoms with Gasteiger partial charge in [-0.25, -0.2) is 4.98 Å². The van der Waals surface area contributed by atoms with Crippen LogP contribution in [-0.4, -0.2) is 29.1 Å². The highest BCUT2D eigenvalue weighted by Crippen LogP contribution is 2.26. The van der Waals surface area contributed by atoms with Gasteiger partial charge in [-0.1, -0.05) is 46.3 Å². The van der Waals surface area contributed by atoms with Crippen molar-refractivity contribution in [2.24, 2.45) is 0 Å². The molecule has 0 aliphatic heterocycles. The summed E-state index contributed by atoms with van der Waals surface area (Å²) in [7, 11) is 0. The van der Waals surface area contributed by atoms with Crippen molar-refractivity contribution in [3.63, 3.8) is 0 Å². The Hall–Kier alpha value is -2.24. The summed E-state index contributed by atoms with van der Waals surface area (Å²) >= 11 is 3.43. The molecule has 2 aromatic carbocycles. The zero-order valence-electron chi connectivity index (χ0n) is 13.0. The molecule has 3 rings (SSSR count). The Morgan fingerprint density at radius 2 is 1.88 bits per heavy atom. The van der Waals surface area contributed by atoms with E-state index in [9.17, 15) is 4.79 Å². The summed E-state index contributed by atoms with van der Waals surface area (Å²) in [4.78, 5) is 17.2. The molecule has 0 bridgehead atoms. The normalized spacial score (nSPS) is 10.8. The highest BCUT2D eigenvalue weighted by atomic mass is 79.9. The average Bonchev–Trinajstić information content (AvgIpc) is 2.61. The van der Waals surface area contributed by atoms with E-state index in [2.05, 4.69) is 26.2 Å². The summed E-state index contributed by atoms with van der Waals surface area (Å²) in [5.74, 6) is -0.152. The number of aliphatic hydroxyl groups excluding tert-OH is 1. The molecule has 4 nitrogen and oxygen atoms in total. The smallest absolute Gasteiger partial charge is 0.252 e. The fraction of sp³-hybridized carbons (Fsp3) is 0.158. The van der Waals surface area contributed by atoms with Gasteiger partial charge in [-0.05, 0) is 30.7 Å². The number of halogens is 1. The van der Waals surface area contributed by atoms with Crippen LogP contribution in [0, 0.1) is 0 Å². The van der Waals surface area contributed by atoms with Gasteiger partial charge in [0.15, 0.2) is 0 Å². The first-order valence-electron chi connectivity index (χ1n) is 7.74. The molecule has 0 radical (unpaired) electrons. The molecule has 5 heteroatoms. The van der Waals surface area contributed by atoms with Crippen molar-refractivity contribution in [3.8, 4) is 11.3 Å². The first-order valence-corrected chi connectivity index (χ1v) is 8.53. The Morgan fingerprint density at radius 3 is 2.62 bits per heavy atom. The minimum absolute atomic E-state index is 0.0571. The summed E-state index contributed by atoms with van der Waals surface area (Å²) in [5.41, 5.74) is 3.09. The number of para-hydroxylation sites is 1. The molecule has 0 aliphatic rings. The second kappa shape index (κ2) is 7.55. The summed E-state index contributed by atoms with van der Waals surface area (Å²) in [5, 5.41) is 12.5. The zero-order valence-corrected chi connectivity index (χ0v) is 14.6. The Bertz CT molecular complexity index is 863. The molecule has 24 heavy (non-hydrogen) atoms. The van der Waals surface area contributed by atoms with E-state index in [4.69, 9.17) is 5.11 Å². The topological polar surface area (TPSA) is 62.2 Å². The van der Waals surface area contributed by atoms with Gasteiger partial charge in [-0.2, -0.15) is 0 Å². The van der Waals surface area contributed by atoms with E-state index in [1.54, 1.807) is 0 Å². The predicted octanol–water partition coefficient (Wildman–Crippen LogP) is 3.78. The predicted molar refractivity (Wildman–Crippen MR) is 98.9 cm³/mol. The van der Waals surface area contributed by atoms with Crippen molar-refractivity contribution >= 4 is 32.7 Å². The number of amides is 1. The second-order valence-corrected chi connectivity index (χ2v) is 6.33. The van der Waals surface area contributed by atoms with E-state index in [1.807, 2.05) is 54.6 Å². The molecule has 0 spiro atoms. The van der Waals surface area contributed by atoms with Crippen LogP contribution in [0.5, 0.6) is 0 Å². The summed E-state index contributed by atoms with van der Waals surface area (Å²) in [6.07, 6.45) is 0.536. The average molecular weight is 385 g/mol. The van der Waals surface area contributed by atoms with Crippen molar-refractivity contribution in [2.45, 2.75) is 6.42 Å². The second-order valence-electron chi connectivity index (χ2n) is 5.41. The number of aromatic nitrogens is 1. The maximum atomic E-state index is 12.5. The van der Waals surface area contributed by atoms with Crippen LogP contribution in [0.15, 0.2) is 59.1 Å². The fourth-order valence-electron chi connectivity index (χ4n) is 2.51. The minimum Gasteiger partial charge on any atom is -0.396 e. The number of nitrogens with zero attached hydrogens (tertiary/aromatic N) is 1. The third kappa shape index (κ3) is 3.63. The Kier molecular flexibility index (Phi) is 5.23. The minimum atomic E-state index is -0.152. The molecule has 0 unspecified atom stereocenters. The van der Waals surface area contributed by atoms with E-state index in [-0.39, 0.29) is 12.5 Å². The van der Waals surface area contributed by atoms with Gasteiger partial charge >= 0.3 is 0 Å². The van der Waals surface area contributed by atoms with Crippen molar-refractivity contribution in [2.75, 3.05) is 13.2 Å². The van der Waals surface area contributed by atoms with Gasteiger partial charge in [-0.3, -0.25) is 4.79 Å². The highest BCUT2D eigenvalue weighted by Gasteiger charge is 2.13. The molecule has 3 aromatic rings. The molecule has 1 aromatic heterocycles. The molecule has 0 atom stereocenters. The molecule has 0 fully saturated rings. The molecule has 122 valence electrons. The lowest BCUT2D eigenvalue weighted by Crippen LogP contribution is -2.25. The number of benzene rings is 2. The number of carbonyl (C=O) groups excluding carboxylic acids is 1. The molecule has 1 heterocycles. The van der Waals surface area contributed by atoms with Crippen LogP contribution in [0.2, 0.25) is 0 Å². The van der Waals surface area contributed by atoms with Gasteiger partial charge in [0, 0.05) is 28.6 Å². The Balaban J connectivity index is 2.05. The largest absolute Gasteiger partial charge is 0.396 e. The summed E-state index contributed by atoms with van der Waals surface area (Å²) in [6.45, 7) is 0.501. The lowest BCUT2D eigenvalue weighted by molar-refractivity contribution is 0.0953. The quantitative estimate of drug-likeness (QED) is 0.658. The number of rotatable bonds is 5. The first-order chi connectivity index (χ1) is 11.7. The van der Waals surface area contributed by atoms with Crippen molar-refractivity contribution in [3.05, 3.63) is 64.6 Å². The van der Waals surface area contributed by atoms with E-state index < -0.39 is 0 Å². The lowest BCUT2D eigenvalue weighted by Gasteiger charge is -2.10. The third-order valence-corrected chi connectivity index (χ3v) is 4.25. The van der Waals surface area contributed by atoms with Crippen LogP contribution in [0.4, 0.5) is 0 Å². The standard InChI is InChI=1S/C19H17BrN2O2/c20-14-8-6-13(7-9-14)18-12-16(19(24)21-10-3-11-23)15-4-1-2-5-17(15)22-18/h1-2,4-9,12,23H,3,10-11H2,(H,21,24). The van der Waals surface area contributed by atoms with Gasteiger partial charge in [0.1, 0.15) is 0 Å². The third-order valence-electron chi connectivity index (χ3n) is 3.72. The molecular formula is C19H17BrN2O2.